The van der Waals surface area contributed by atoms with Crippen molar-refractivity contribution in [1.29, 1.82) is 0 Å². The second kappa shape index (κ2) is 2.82. The van der Waals surface area contributed by atoms with Crippen molar-refractivity contribution in [1.82, 2.24) is 0 Å². The number of rotatable bonds is 1. The molecule has 2 bridgehead atoms. The molecule has 2 heterocycles. The van der Waals surface area contributed by atoms with E-state index in [4.69, 9.17) is 0 Å². The highest BCUT2D eigenvalue weighted by atomic mass is 79.9. The van der Waals surface area contributed by atoms with Gasteiger partial charge in [-0.15, -0.1) is 0 Å². The lowest BCUT2D eigenvalue weighted by molar-refractivity contribution is -0.128. The first-order chi connectivity index (χ1) is 10.0. The lowest BCUT2D eigenvalue weighted by atomic mass is 9.66. The van der Waals surface area contributed by atoms with Crippen molar-refractivity contribution in [3.63, 3.8) is 0 Å². The first-order valence-electron chi connectivity index (χ1n) is 7.82. The smallest absolute Gasteiger partial charge is 0.234 e. The third-order valence-corrected chi connectivity index (χ3v) is 8.10. The Bertz CT molecular complexity index is 743. The fraction of sp³-hybridized carbons (Fsp3) is 0.588. The van der Waals surface area contributed by atoms with Gasteiger partial charge in [-0.3, -0.25) is 4.79 Å². The third kappa shape index (κ3) is 0.849. The number of amides is 1. The standard InChI is InChI=1S/C17H15BrFNO/c18-10-1-2-12(11(19)7-10)20-13(21)14-8-17(20,9-14)16(5-6-16)15(14)3-4-15/h1-2,7H,3-6,8-9H2. The molecule has 5 saturated carbocycles. The van der Waals surface area contributed by atoms with Crippen LogP contribution in [0, 0.1) is 22.1 Å². The molecule has 5 aliphatic carbocycles. The predicted molar refractivity (Wildman–Crippen MR) is 79.3 cm³/mol. The normalized spacial score (nSPS) is 41.8. The molecule has 7 aliphatic rings. The van der Waals surface area contributed by atoms with E-state index in [1.807, 2.05) is 11.0 Å². The van der Waals surface area contributed by atoms with Crippen LogP contribution < -0.4 is 4.90 Å². The SMILES string of the molecule is O=C1N(c2ccc(Br)cc2F)C23CC1(C2)C1(CC1)C31CC1. The number of hydrogen-bond acceptors (Lipinski definition) is 1. The molecule has 1 amide bonds. The number of nitrogens with zero attached hydrogens (tertiary/aromatic N) is 1. The molecule has 0 aromatic heterocycles. The molecule has 0 unspecified atom stereocenters. The summed E-state index contributed by atoms with van der Waals surface area (Å²) in [6.45, 7) is 0. The molecule has 4 heteroatoms. The summed E-state index contributed by atoms with van der Waals surface area (Å²) in [5.74, 6) is -0.0545. The Kier molecular flexibility index (Phi) is 1.56. The van der Waals surface area contributed by atoms with E-state index in [0.717, 1.165) is 17.3 Å². The Hall–Kier alpha value is -0.900. The highest BCUT2D eigenvalue weighted by Gasteiger charge is 2.99. The number of halogens is 2. The van der Waals surface area contributed by atoms with Crippen molar-refractivity contribution in [2.24, 2.45) is 16.2 Å². The summed E-state index contributed by atoms with van der Waals surface area (Å²) < 4.78 is 15.2. The zero-order chi connectivity index (χ0) is 14.3. The molecule has 0 atom stereocenters. The highest BCUT2D eigenvalue weighted by molar-refractivity contribution is 9.10. The van der Waals surface area contributed by atoms with Crippen LogP contribution in [-0.2, 0) is 4.79 Å². The lowest BCUT2D eigenvalue weighted by Crippen LogP contribution is -2.51. The van der Waals surface area contributed by atoms with Crippen LogP contribution in [0.2, 0.25) is 0 Å². The molecule has 2 saturated heterocycles. The molecule has 108 valence electrons. The second-order valence-corrected chi connectivity index (χ2v) is 8.78. The number of piperidine rings is 1. The van der Waals surface area contributed by atoms with Gasteiger partial charge >= 0.3 is 0 Å². The molecular formula is C17H15BrFNO. The quantitative estimate of drug-likeness (QED) is 0.751. The number of hydrogen-bond donors (Lipinski definition) is 0. The first kappa shape index (κ1) is 11.6. The van der Waals surface area contributed by atoms with Gasteiger partial charge in [-0.2, -0.15) is 0 Å². The van der Waals surface area contributed by atoms with E-state index >= 15 is 0 Å². The van der Waals surface area contributed by atoms with Crippen molar-refractivity contribution < 1.29 is 9.18 Å². The Morgan fingerprint density at radius 3 is 2.33 bits per heavy atom. The minimum Gasteiger partial charge on any atom is -0.302 e. The zero-order valence-corrected chi connectivity index (χ0v) is 13.2. The average Bonchev–Trinajstić information content (AvgIpc) is 3.25. The maximum absolute atomic E-state index is 14.4. The van der Waals surface area contributed by atoms with E-state index in [0.29, 0.717) is 16.5 Å². The Labute approximate surface area is 130 Å². The number of carbonyl (C=O) groups excluding carboxylic acids is 1. The van der Waals surface area contributed by atoms with Crippen LogP contribution >= 0.6 is 15.9 Å². The van der Waals surface area contributed by atoms with Crippen LogP contribution in [0.15, 0.2) is 22.7 Å². The van der Waals surface area contributed by atoms with E-state index < -0.39 is 0 Å². The minimum atomic E-state index is -0.276. The molecule has 21 heavy (non-hydrogen) atoms. The molecule has 1 aromatic carbocycles. The van der Waals surface area contributed by atoms with Gasteiger partial charge in [0.25, 0.3) is 0 Å². The van der Waals surface area contributed by atoms with Crippen LogP contribution in [-0.4, -0.2) is 11.4 Å². The molecule has 0 N–H and O–H groups in total. The third-order valence-electron chi connectivity index (χ3n) is 7.60. The van der Waals surface area contributed by atoms with E-state index in [9.17, 15) is 9.18 Å². The predicted octanol–water partition coefficient (Wildman–Crippen LogP) is 4.03. The average molecular weight is 348 g/mol. The maximum Gasteiger partial charge on any atom is 0.234 e. The number of fused-ring (bicyclic) bond motifs is 1. The minimum absolute atomic E-state index is 0.0464. The van der Waals surface area contributed by atoms with E-state index in [1.54, 1.807) is 6.07 Å². The van der Waals surface area contributed by atoms with Gasteiger partial charge < -0.3 is 4.90 Å². The first-order valence-corrected chi connectivity index (χ1v) is 8.61. The highest BCUT2D eigenvalue weighted by Crippen LogP contribution is 2.98. The summed E-state index contributed by atoms with van der Waals surface area (Å²) in [7, 11) is 0. The van der Waals surface area contributed by atoms with Crippen LogP contribution in [0.1, 0.15) is 38.5 Å². The summed E-state index contributed by atoms with van der Waals surface area (Å²) in [6.07, 6.45) is 6.95. The Balaban J connectivity index is 1.57. The largest absolute Gasteiger partial charge is 0.302 e. The van der Waals surface area contributed by atoms with Crippen molar-refractivity contribution >= 4 is 27.5 Å². The molecule has 2 nitrogen and oxygen atoms in total. The Morgan fingerprint density at radius 2 is 1.76 bits per heavy atom. The van der Waals surface area contributed by atoms with Gasteiger partial charge in [0.1, 0.15) is 5.82 Å². The van der Waals surface area contributed by atoms with Gasteiger partial charge in [0.2, 0.25) is 5.91 Å². The van der Waals surface area contributed by atoms with Crippen LogP contribution in [0.5, 0.6) is 0 Å². The van der Waals surface area contributed by atoms with Gasteiger partial charge in [-0.1, -0.05) is 15.9 Å². The van der Waals surface area contributed by atoms with Crippen molar-refractivity contribution in [2.45, 2.75) is 44.1 Å². The van der Waals surface area contributed by atoms with Crippen molar-refractivity contribution in [2.75, 3.05) is 4.90 Å². The molecule has 1 aromatic rings. The van der Waals surface area contributed by atoms with Crippen LogP contribution in [0.25, 0.3) is 0 Å². The van der Waals surface area contributed by atoms with Crippen LogP contribution in [0.3, 0.4) is 0 Å². The maximum atomic E-state index is 14.4. The van der Waals surface area contributed by atoms with Gasteiger partial charge in [0, 0.05) is 9.89 Å². The molecule has 2 aliphatic heterocycles. The molecule has 2 spiro atoms. The molecule has 8 rings (SSSR count). The Morgan fingerprint density at radius 1 is 1.10 bits per heavy atom. The van der Waals surface area contributed by atoms with Crippen LogP contribution in [0.4, 0.5) is 10.1 Å². The summed E-state index contributed by atoms with van der Waals surface area (Å²) in [4.78, 5) is 15.0. The lowest BCUT2D eigenvalue weighted by Gasteiger charge is -2.42. The summed E-state index contributed by atoms with van der Waals surface area (Å²) >= 11 is 3.30. The van der Waals surface area contributed by atoms with Gasteiger partial charge in [-0.05, 0) is 62.1 Å². The van der Waals surface area contributed by atoms with Crippen molar-refractivity contribution in [3.05, 3.63) is 28.5 Å². The summed E-state index contributed by atoms with van der Waals surface area (Å²) in [6, 6.07) is 5.09. The fourth-order valence-corrected chi connectivity index (χ4v) is 7.15. The van der Waals surface area contributed by atoms with Gasteiger partial charge in [0.05, 0.1) is 16.6 Å². The van der Waals surface area contributed by atoms with Gasteiger partial charge in [-0.25, -0.2) is 4.39 Å². The molecule has 7 fully saturated rings. The summed E-state index contributed by atoms with van der Waals surface area (Å²) in [5, 5.41) is 0. The van der Waals surface area contributed by atoms with E-state index in [2.05, 4.69) is 15.9 Å². The molecular weight excluding hydrogens is 333 g/mol. The second-order valence-electron chi connectivity index (χ2n) is 7.87. The van der Waals surface area contributed by atoms with E-state index in [-0.39, 0.29) is 22.7 Å². The van der Waals surface area contributed by atoms with Crippen molar-refractivity contribution in [3.8, 4) is 0 Å². The zero-order valence-electron chi connectivity index (χ0n) is 11.6. The number of carbonyl (C=O) groups is 1. The fourth-order valence-electron chi connectivity index (χ4n) is 6.82. The summed E-state index contributed by atoms with van der Waals surface area (Å²) in [5.41, 5.74) is 0.995. The van der Waals surface area contributed by atoms with E-state index in [1.165, 1.54) is 31.7 Å². The number of benzene rings is 1. The topological polar surface area (TPSA) is 20.3 Å². The van der Waals surface area contributed by atoms with Gasteiger partial charge in [0.15, 0.2) is 0 Å². The number of anilines is 1. The molecule has 0 radical (unpaired) electrons. The monoisotopic (exact) mass is 347 g/mol.